The van der Waals surface area contributed by atoms with Crippen molar-refractivity contribution >= 4 is 11.9 Å². The van der Waals surface area contributed by atoms with Gasteiger partial charge in [0, 0.05) is 19.6 Å². The summed E-state index contributed by atoms with van der Waals surface area (Å²) in [4.78, 5) is 26.5. The number of amides is 1. The average molecular weight is 324 g/mol. The van der Waals surface area contributed by atoms with Crippen LogP contribution in [0.1, 0.15) is 32.1 Å². The van der Waals surface area contributed by atoms with Gasteiger partial charge in [0.05, 0.1) is 19.3 Å². The van der Waals surface area contributed by atoms with E-state index >= 15 is 0 Å². The molecule has 130 valence electrons. The van der Waals surface area contributed by atoms with E-state index < -0.39 is 5.97 Å². The van der Waals surface area contributed by atoms with Gasteiger partial charge in [-0.25, -0.2) is 0 Å². The van der Waals surface area contributed by atoms with E-state index in [0.29, 0.717) is 32.2 Å². The second-order valence-corrected chi connectivity index (χ2v) is 6.62. The Balaban J connectivity index is 1.78. The maximum Gasteiger partial charge on any atom is 0.317 e. The SMILES string of the molecule is CN(CC(=O)O)CC1CN(C(=O)/C=C/C2CCCCC2)CCO1. The van der Waals surface area contributed by atoms with Crippen LogP contribution in [0.3, 0.4) is 0 Å². The lowest BCUT2D eigenvalue weighted by molar-refractivity contribution is -0.140. The number of likely N-dealkylation sites (N-methyl/N-ethyl adjacent to an activating group) is 1. The standard InChI is InChI=1S/C17H28N2O4/c1-18(13-17(21)22)11-15-12-19(9-10-23-15)16(20)8-7-14-5-3-2-4-6-14/h7-8,14-15H,2-6,9-13H2,1H3,(H,21,22)/b8-7+. The summed E-state index contributed by atoms with van der Waals surface area (Å²) >= 11 is 0. The maximum atomic E-state index is 12.3. The van der Waals surface area contributed by atoms with Gasteiger partial charge >= 0.3 is 5.97 Å². The van der Waals surface area contributed by atoms with E-state index in [1.807, 2.05) is 4.90 Å². The average Bonchev–Trinajstić information content (AvgIpc) is 2.53. The van der Waals surface area contributed by atoms with Gasteiger partial charge < -0.3 is 14.7 Å². The van der Waals surface area contributed by atoms with E-state index in [0.717, 1.165) is 0 Å². The fraction of sp³-hybridized carbons (Fsp3) is 0.765. The van der Waals surface area contributed by atoms with Gasteiger partial charge in [0.15, 0.2) is 0 Å². The Morgan fingerprint density at radius 2 is 2.04 bits per heavy atom. The minimum Gasteiger partial charge on any atom is -0.480 e. The topological polar surface area (TPSA) is 70.1 Å². The smallest absolute Gasteiger partial charge is 0.317 e. The summed E-state index contributed by atoms with van der Waals surface area (Å²) in [6.45, 7) is 2.14. The van der Waals surface area contributed by atoms with Crippen molar-refractivity contribution in [2.75, 3.05) is 39.8 Å². The number of carbonyl (C=O) groups is 2. The Bertz CT molecular complexity index is 432. The largest absolute Gasteiger partial charge is 0.480 e. The normalized spacial score (nSPS) is 23.6. The zero-order valence-corrected chi connectivity index (χ0v) is 13.9. The fourth-order valence-electron chi connectivity index (χ4n) is 3.32. The predicted molar refractivity (Wildman–Crippen MR) is 87.2 cm³/mol. The summed E-state index contributed by atoms with van der Waals surface area (Å²) in [5.41, 5.74) is 0. The molecule has 1 aliphatic heterocycles. The zero-order valence-electron chi connectivity index (χ0n) is 13.9. The molecule has 1 unspecified atom stereocenters. The predicted octanol–water partition coefficient (Wildman–Crippen LogP) is 1.37. The number of aliphatic carboxylic acids is 1. The molecule has 0 aromatic rings. The summed E-state index contributed by atoms with van der Waals surface area (Å²) < 4.78 is 5.65. The third kappa shape index (κ3) is 6.31. The number of hydrogen-bond acceptors (Lipinski definition) is 4. The molecule has 0 bridgehead atoms. The number of carboxylic acid groups (broad SMARTS) is 1. The molecule has 1 heterocycles. The quantitative estimate of drug-likeness (QED) is 0.747. The number of allylic oxidation sites excluding steroid dienone is 1. The molecule has 0 radical (unpaired) electrons. The lowest BCUT2D eigenvalue weighted by Gasteiger charge is -2.34. The van der Waals surface area contributed by atoms with Crippen LogP contribution in [0.25, 0.3) is 0 Å². The third-order valence-electron chi connectivity index (χ3n) is 4.53. The number of ether oxygens (including phenoxy) is 1. The first-order valence-electron chi connectivity index (χ1n) is 8.53. The third-order valence-corrected chi connectivity index (χ3v) is 4.53. The van der Waals surface area contributed by atoms with Crippen LogP contribution in [0.2, 0.25) is 0 Å². The highest BCUT2D eigenvalue weighted by molar-refractivity contribution is 5.87. The highest BCUT2D eigenvalue weighted by Gasteiger charge is 2.24. The van der Waals surface area contributed by atoms with E-state index in [1.165, 1.54) is 32.1 Å². The van der Waals surface area contributed by atoms with E-state index in [1.54, 1.807) is 18.0 Å². The molecule has 2 fully saturated rings. The van der Waals surface area contributed by atoms with Gasteiger partial charge in [-0.05, 0) is 31.9 Å². The molecule has 1 N–H and O–H groups in total. The Morgan fingerprint density at radius 1 is 1.30 bits per heavy atom. The molecule has 6 heteroatoms. The van der Waals surface area contributed by atoms with Crippen molar-refractivity contribution in [3.63, 3.8) is 0 Å². The molecule has 1 amide bonds. The molecule has 0 aromatic carbocycles. The first-order chi connectivity index (χ1) is 11.0. The van der Waals surface area contributed by atoms with Crippen LogP contribution >= 0.6 is 0 Å². The molecular weight excluding hydrogens is 296 g/mol. The summed E-state index contributed by atoms with van der Waals surface area (Å²) in [5.74, 6) is -0.261. The molecule has 1 aliphatic carbocycles. The van der Waals surface area contributed by atoms with Crippen LogP contribution in [0, 0.1) is 5.92 Å². The number of carboxylic acids is 1. The Labute approximate surface area is 138 Å². The van der Waals surface area contributed by atoms with Crippen LogP contribution in [0.5, 0.6) is 0 Å². The first-order valence-corrected chi connectivity index (χ1v) is 8.53. The summed E-state index contributed by atoms with van der Waals surface area (Å²) in [5, 5.41) is 8.79. The molecular formula is C17H28N2O4. The molecule has 2 rings (SSSR count). The number of rotatable bonds is 6. The van der Waals surface area contributed by atoms with Gasteiger partial charge in [0.25, 0.3) is 0 Å². The van der Waals surface area contributed by atoms with Crippen molar-refractivity contribution in [2.45, 2.75) is 38.2 Å². The minimum atomic E-state index is -0.855. The van der Waals surface area contributed by atoms with Gasteiger partial charge in [-0.3, -0.25) is 14.5 Å². The van der Waals surface area contributed by atoms with Crippen LogP contribution in [0.4, 0.5) is 0 Å². The van der Waals surface area contributed by atoms with Crippen LogP contribution in [-0.2, 0) is 14.3 Å². The number of hydrogen-bond donors (Lipinski definition) is 1. The highest BCUT2D eigenvalue weighted by Crippen LogP contribution is 2.24. The van der Waals surface area contributed by atoms with Gasteiger partial charge in [0.1, 0.15) is 0 Å². The minimum absolute atomic E-state index is 0.0185. The second kappa shape index (κ2) is 9.03. The lowest BCUT2D eigenvalue weighted by atomic mass is 9.89. The Hall–Kier alpha value is -1.40. The maximum absolute atomic E-state index is 12.3. The molecule has 1 saturated heterocycles. The number of carbonyl (C=O) groups excluding carboxylic acids is 1. The monoisotopic (exact) mass is 324 g/mol. The van der Waals surface area contributed by atoms with Crippen molar-refractivity contribution in [1.82, 2.24) is 9.80 Å². The zero-order chi connectivity index (χ0) is 16.7. The Morgan fingerprint density at radius 3 is 2.74 bits per heavy atom. The van der Waals surface area contributed by atoms with Gasteiger partial charge in [-0.15, -0.1) is 0 Å². The molecule has 1 atom stereocenters. The lowest BCUT2D eigenvalue weighted by Crippen LogP contribution is -2.49. The second-order valence-electron chi connectivity index (χ2n) is 6.62. The molecule has 2 aliphatic rings. The number of morpholine rings is 1. The molecule has 1 saturated carbocycles. The van der Waals surface area contributed by atoms with E-state index in [4.69, 9.17) is 9.84 Å². The fourth-order valence-corrected chi connectivity index (χ4v) is 3.32. The van der Waals surface area contributed by atoms with E-state index in [9.17, 15) is 9.59 Å². The molecule has 0 spiro atoms. The van der Waals surface area contributed by atoms with Crippen molar-refractivity contribution in [3.05, 3.63) is 12.2 Å². The van der Waals surface area contributed by atoms with Crippen LogP contribution in [-0.4, -0.2) is 72.7 Å². The van der Waals surface area contributed by atoms with E-state index in [2.05, 4.69) is 6.08 Å². The van der Waals surface area contributed by atoms with Gasteiger partial charge in [0.2, 0.25) is 5.91 Å². The summed E-state index contributed by atoms with van der Waals surface area (Å²) in [6, 6.07) is 0. The van der Waals surface area contributed by atoms with Crippen molar-refractivity contribution in [2.24, 2.45) is 5.92 Å². The molecule has 23 heavy (non-hydrogen) atoms. The van der Waals surface area contributed by atoms with Crippen LogP contribution in [0.15, 0.2) is 12.2 Å². The molecule has 6 nitrogen and oxygen atoms in total. The van der Waals surface area contributed by atoms with Gasteiger partial charge in [-0.1, -0.05) is 25.3 Å². The summed E-state index contributed by atoms with van der Waals surface area (Å²) in [6.07, 6.45) is 9.89. The first kappa shape index (κ1) is 17.9. The van der Waals surface area contributed by atoms with Crippen LogP contribution < -0.4 is 0 Å². The number of nitrogens with zero attached hydrogens (tertiary/aromatic N) is 2. The summed E-state index contributed by atoms with van der Waals surface area (Å²) in [7, 11) is 1.75. The van der Waals surface area contributed by atoms with Crippen molar-refractivity contribution in [1.29, 1.82) is 0 Å². The van der Waals surface area contributed by atoms with E-state index in [-0.39, 0.29) is 18.6 Å². The Kier molecular flexibility index (Phi) is 7.05. The molecule has 0 aromatic heterocycles. The highest BCUT2D eigenvalue weighted by atomic mass is 16.5. The van der Waals surface area contributed by atoms with Crippen molar-refractivity contribution < 1.29 is 19.4 Å². The van der Waals surface area contributed by atoms with Gasteiger partial charge in [-0.2, -0.15) is 0 Å². The van der Waals surface area contributed by atoms with Crippen molar-refractivity contribution in [3.8, 4) is 0 Å².